The molecule has 1 aliphatic heterocycles. The molecule has 0 aromatic carbocycles. The van der Waals surface area contributed by atoms with Crippen LogP contribution in [0.3, 0.4) is 0 Å². The first-order chi connectivity index (χ1) is 8.63. The molecule has 0 radical (unpaired) electrons. The quantitative estimate of drug-likeness (QED) is 0.754. The van der Waals surface area contributed by atoms with E-state index in [2.05, 4.69) is 0 Å². The van der Waals surface area contributed by atoms with Crippen LogP contribution >= 0.6 is 0 Å². The summed E-state index contributed by atoms with van der Waals surface area (Å²) in [6, 6.07) is 0. The van der Waals surface area contributed by atoms with Crippen LogP contribution in [0.5, 0.6) is 0 Å². The maximum Gasteiger partial charge on any atom is 0.230 e. The minimum Gasteiger partial charge on any atom is -0.396 e. The van der Waals surface area contributed by atoms with Gasteiger partial charge in [0.1, 0.15) is 0 Å². The number of amides is 1. The van der Waals surface area contributed by atoms with Crippen LogP contribution in [-0.2, 0) is 4.79 Å². The number of nitrogens with zero attached hydrogens (tertiary/aromatic N) is 1. The molecule has 1 heterocycles. The molecule has 1 aliphatic rings. The number of carbonyl (C=O) groups is 1. The fourth-order valence-electron chi connectivity index (χ4n) is 2.93. The maximum absolute atomic E-state index is 12.6. The van der Waals surface area contributed by atoms with Crippen molar-refractivity contribution in [2.75, 3.05) is 26.2 Å². The van der Waals surface area contributed by atoms with E-state index in [1.165, 1.54) is 0 Å². The van der Waals surface area contributed by atoms with Gasteiger partial charge in [-0.05, 0) is 38.0 Å². The Morgan fingerprint density at radius 1 is 1.44 bits per heavy atom. The van der Waals surface area contributed by atoms with Gasteiger partial charge in [-0.2, -0.15) is 0 Å². The van der Waals surface area contributed by atoms with E-state index in [9.17, 15) is 4.79 Å². The van der Waals surface area contributed by atoms with Gasteiger partial charge in [0, 0.05) is 26.2 Å². The molecule has 106 valence electrons. The second kappa shape index (κ2) is 7.10. The zero-order valence-corrected chi connectivity index (χ0v) is 11.8. The van der Waals surface area contributed by atoms with Crippen LogP contribution in [0, 0.1) is 11.3 Å². The average Bonchev–Trinajstić information content (AvgIpc) is 2.42. The summed E-state index contributed by atoms with van der Waals surface area (Å²) in [5, 5.41) is 9.02. The number of rotatable bonds is 6. The summed E-state index contributed by atoms with van der Waals surface area (Å²) in [6.45, 7) is 6.38. The molecule has 1 rings (SSSR count). The number of piperidine rings is 1. The topological polar surface area (TPSA) is 66.6 Å². The average molecular weight is 256 g/mol. The first-order valence-electron chi connectivity index (χ1n) is 7.23. The lowest BCUT2D eigenvalue weighted by molar-refractivity contribution is -0.144. The first-order valence-corrected chi connectivity index (χ1v) is 7.23. The molecule has 4 heteroatoms. The minimum absolute atomic E-state index is 0.219. The molecule has 1 saturated heterocycles. The molecular weight excluding hydrogens is 228 g/mol. The molecule has 1 atom stereocenters. The third-order valence-electron chi connectivity index (χ3n) is 4.54. The Bertz CT molecular complexity index is 254. The normalized spacial score (nSPS) is 21.1. The smallest absolute Gasteiger partial charge is 0.230 e. The van der Waals surface area contributed by atoms with Crippen molar-refractivity contribution in [1.82, 2.24) is 4.90 Å². The Kier molecular flexibility index (Phi) is 6.09. The van der Waals surface area contributed by atoms with Crippen molar-refractivity contribution in [2.45, 2.75) is 46.0 Å². The SMILES string of the molecule is CCC(CC)(CN)C(=O)N1CCCC(CCO)C1. The zero-order chi connectivity index (χ0) is 13.6. The minimum atomic E-state index is -0.374. The van der Waals surface area contributed by atoms with Gasteiger partial charge in [-0.1, -0.05) is 13.8 Å². The Balaban J connectivity index is 2.70. The first kappa shape index (κ1) is 15.4. The van der Waals surface area contributed by atoms with Crippen LogP contribution in [0.15, 0.2) is 0 Å². The Hall–Kier alpha value is -0.610. The lowest BCUT2D eigenvalue weighted by Crippen LogP contribution is -2.50. The molecule has 18 heavy (non-hydrogen) atoms. The lowest BCUT2D eigenvalue weighted by Gasteiger charge is -2.39. The van der Waals surface area contributed by atoms with Crippen molar-refractivity contribution in [3.63, 3.8) is 0 Å². The van der Waals surface area contributed by atoms with E-state index in [1.807, 2.05) is 18.7 Å². The standard InChI is InChI=1S/C14H28N2O2/c1-3-14(4-2,11-15)13(18)16-8-5-6-12(10-16)7-9-17/h12,17H,3-11,15H2,1-2H3. The highest BCUT2D eigenvalue weighted by atomic mass is 16.3. The molecule has 1 amide bonds. The molecule has 3 N–H and O–H groups in total. The van der Waals surface area contributed by atoms with Gasteiger partial charge in [-0.15, -0.1) is 0 Å². The zero-order valence-electron chi connectivity index (χ0n) is 11.8. The molecule has 0 bridgehead atoms. The van der Waals surface area contributed by atoms with Gasteiger partial charge in [-0.25, -0.2) is 0 Å². The second-order valence-electron chi connectivity index (χ2n) is 5.46. The molecule has 0 aromatic heterocycles. The highest BCUT2D eigenvalue weighted by Gasteiger charge is 2.38. The molecule has 1 unspecified atom stereocenters. The van der Waals surface area contributed by atoms with Crippen molar-refractivity contribution in [3.05, 3.63) is 0 Å². The van der Waals surface area contributed by atoms with Crippen molar-refractivity contribution >= 4 is 5.91 Å². The van der Waals surface area contributed by atoms with Gasteiger partial charge in [0.05, 0.1) is 5.41 Å². The van der Waals surface area contributed by atoms with E-state index in [0.717, 1.165) is 45.2 Å². The molecule has 1 fully saturated rings. The highest BCUT2D eigenvalue weighted by Crippen LogP contribution is 2.30. The van der Waals surface area contributed by atoms with Gasteiger partial charge >= 0.3 is 0 Å². The number of hydrogen-bond donors (Lipinski definition) is 2. The molecule has 0 saturated carbocycles. The van der Waals surface area contributed by atoms with E-state index < -0.39 is 0 Å². The van der Waals surface area contributed by atoms with Crippen molar-refractivity contribution < 1.29 is 9.90 Å². The Labute approximate surface area is 111 Å². The van der Waals surface area contributed by atoms with Gasteiger partial charge in [0.2, 0.25) is 5.91 Å². The summed E-state index contributed by atoms with van der Waals surface area (Å²) >= 11 is 0. The summed E-state index contributed by atoms with van der Waals surface area (Å²) < 4.78 is 0. The molecule has 0 aliphatic carbocycles. The molecule has 4 nitrogen and oxygen atoms in total. The number of aliphatic hydroxyl groups is 1. The third-order valence-corrected chi connectivity index (χ3v) is 4.54. The largest absolute Gasteiger partial charge is 0.396 e. The van der Waals surface area contributed by atoms with Crippen molar-refractivity contribution in [3.8, 4) is 0 Å². The molecular formula is C14H28N2O2. The van der Waals surface area contributed by atoms with E-state index in [0.29, 0.717) is 12.5 Å². The van der Waals surface area contributed by atoms with Gasteiger partial charge in [0.25, 0.3) is 0 Å². The van der Waals surface area contributed by atoms with Gasteiger partial charge in [0.15, 0.2) is 0 Å². The van der Waals surface area contributed by atoms with Crippen LogP contribution in [-0.4, -0.2) is 42.2 Å². The van der Waals surface area contributed by atoms with Crippen LogP contribution < -0.4 is 5.73 Å². The summed E-state index contributed by atoms with van der Waals surface area (Å²) in [5.41, 5.74) is 5.47. The van der Waals surface area contributed by atoms with E-state index in [-0.39, 0.29) is 17.9 Å². The highest BCUT2D eigenvalue weighted by molar-refractivity contribution is 5.83. The van der Waals surface area contributed by atoms with Crippen LogP contribution in [0.2, 0.25) is 0 Å². The van der Waals surface area contributed by atoms with Crippen LogP contribution in [0.25, 0.3) is 0 Å². The third kappa shape index (κ3) is 3.23. The predicted molar refractivity (Wildman–Crippen MR) is 73.1 cm³/mol. The van der Waals surface area contributed by atoms with Gasteiger partial charge in [-0.3, -0.25) is 4.79 Å². The number of hydrogen-bond acceptors (Lipinski definition) is 3. The summed E-state index contributed by atoms with van der Waals surface area (Å²) in [5.74, 6) is 0.675. The second-order valence-corrected chi connectivity index (χ2v) is 5.46. The fourth-order valence-corrected chi connectivity index (χ4v) is 2.93. The molecule has 0 aromatic rings. The maximum atomic E-state index is 12.6. The van der Waals surface area contributed by atoms with Crippen molar-refractivity contribution in [1.29, 1.82) is 0 Å². The van der Waals surface area contributed by atoms with Crippen molar-refractivity contribution in [2.24, 2.45) is 17.1 Å². The predicted octanol–water partition coefficient (Wildman–Crippen LogP) is 1.37. The Morgan fingerprint density at radius 2 is 2.11 bits per heavy atom. The number of nitrogens with two attached hydrogens (primary N) is 1. The van der Waals surface area contributed by atoms with Gasteiger partial charge < -0.3 is 15.7 Å². The monoisotopic (exact) mass is 256 g/mol. The van der Waals surface area contributed by atoms with E-state index in [1.54, 1.807) is 0 Å². The fraction of sp³-hybridized carbons (Fsp3) is 0.929. The number of aliphatic hydroxyl groups excluding tert-OH is 1. The van der Waals surface area contributed by atoms with Crippen LogP contribution in [0.4, 0.5) is 0 Å². The lowest BCUT2D eigenvalue weighted by atomic mass is 9.80. The van der Waals surface area contributed by atoms with Crippen LogP contribution in [0.1, 0.15) is 46.0 Å². The summed E-state index contributed by atoms with van der Waals surface area (Å²) in [7, 11) is 0. The van der Waals surface area contributed by atoms with E-state index in [4.69, 9.17) is 10.8 Å². The number of likely N-dealkylation sites (tertiary alicyclic amines) is 1. The summed E-state index contributed by atoms with van der Waals surface area (Å²) in [4.78, 5) is 14.6. The summed E-state index contributed by atoms with van der Waals surface area (Å²) in [6.07, 6.45) is 4.58. The molecule has 0 spiro atoms. The Morgan fingerprint density at radius 3 is 2.61 bits per heavy atom. The van der Waals surface area contributed by atoms with E-state index >= 15 is 0 Å². The number of carbonyl (C=O) groups excluding carboxylic acids is 1.